The van der Waals surface area contributed by atoms with Gasteiger partial charge < -0.3 is 10.2 Å². The van der Waals surface area contributed by atoms with Crippen LogP contribution in [0.1, 0.15) is 37.7 Å². The number of carbonyl (C=O) groups is 1. The Morgan fingerprint density at radius 3 is 2.41 bits per heavy atom. The lowest BCUT2D eigenvalue weighted by atomic mass is 9.94. The van der Waals surface area contributed by atoms with E-state index in [-0.39, 0.29) is 17.9 Å². The van der Waals surface area contributed by atoms with Crippen molar-refractivity contribution in [3.05, 3.63) is 72.3 Å². The first-order valence-electron chi connectivity index (χ1n) is 10.5. The van der Waals surface area contributed by atoms with Crippen molar-refractivity contribution in [3.8, 4) is 11.3 Å². The standard InChI is InChI=1S/C24H28N4O/c1-2-21(18-9-5-3-6-10-18)24(29)25-20-13-15-28(16-14-20)23-17-22(26-27-23)19-11-7-4-8-12-19/h3-12,17,20-21H,2,13-16H2,1H3,(H,25,29)(H,26,27). The molecule has 1 atom stereocenters. The first kappa shape index (κ1) is 19.2. The lowest BCUT2D eigenvalue weighted by molar-refractivity contribution is -0.123. The molecular formula is C24H28N4O. The van der Waals surface area contributed by atoms with Crippen molar-refractivity contribution in [2.75, 3.05) is 18.0 Å². The third kappa shape index (κ3) is 4.50. The third-order valence-corrected chi connectivity index (χ3v) is 5.74. The summed E-state index contributed by atoms with van der Waals surface area (Å²) in [7, 11) is 0. The van der Waals surface area contributed by atoms with Crippen LogP contribution in [0.5, 0.6) is 0 Å². The minimum absolute atomic E-state index is 0.0750. The fraction of sp³-hybridized carbons (Fsp3) is 0.333. The number of aromatic amines is 1. The van der Waals surface area contributed by atoms with Gasteiger partial charge in [-0.15, -0.1) is 0 Å². The molecule has 1 aliphatic rings. The number of hydrogen-bond acceptors (Lipinski definition) is 3. The second-order valence-corrected chi connectivity index (χ2v) is 7.65. The maximum Gasteiger partial charge on any atom is 0.227 e. The number of piperidine rings is 1. The second-order valence-electron chi connectivity index (χ2n) is 7.65. The van der Waals surface area contributed by atoms with Crippen molar-refractivity contribution in [1.29, 1.82) is 0 Å². The van der Waals surface area contributed by atoms with Gasteiger partial charge in [-0.25, -0.2) is 0 Å². The molecule has 1 aromatic heterocycles. The zero-order valence-corrected chi connectivity index (χ0v) is 16.8. The Balaban J connectivity index is 1.33. The number of H-pyrrole nitrogens is 1. The van der Waals surface area contributed by atoms with Crippen LogP contribution < -0.4 is 10.2 Å². The molecule has 0 aliphatic carbocycles. The largest absolute Gasteiger partial charge is 0.355 e. The smallest absolute Gasteiger partial charge is 0.227 e. The van der Waals surface area contributed by atoms with Gasteiger partial charge in [0.2, 0.25) is 5.91 Å². The molecule has 0 radical (unpaired) electrons. The SMILES string of the molecule is CCC(C(=O)NC1CCN(c2cc(-c3ccccc3)[nH]n2)CC1)c1ccccc1. The number of benzene rings is 2. The van der Waals surface area contributed by atoms with Crippen molar-refractivity contribution in [3.63, 3.8) is 0 Å². The highest BCUT2D eigenvalue weighted by molar-refractivity contribution is 5.83. The zero-order chi connectivity index (χ0) is 20.1. The molecule has 4 rings (SSSR count). The van der Waals surface area contributed by atoms with Gasteiger partial charge in [0.25, 0.3) is 0 Å². The molecule has 2 N–H and O–H groups in total. The topological polar surface area (TPSA) is 61.0 Å². The highest BCUT2D eigenvalue weighted by atomic mass is 16.1. The summed E-state index contributed by atoms with van der Waals surface area (Å²) in [4.78, 5) is 15.1. The predicted molar refractivity (Wildman–Crippen MR) is 117 cm³/mol. The summed E-state index contributed by atoms with van der Waals surface area (Å²) in [6, 6.07) is 22.6. The van der Waals surface area contributed by atoms with Gasteiger partial charge in [0.15, 0.2) is 5.82 Å². The highest BCUT2D eigenvalue weighted by Gasteiger charge is 2.25. The van der Waals surface area contributed by atoms with Crippen LogP contribution in [0.2, 0.25) is 0 Å². The van der Waals surface area contributed by atoms with Crippen LogP contribution >= 0.6 is 0 Å². The Hall–Kier alpha value is -3.08. The molecule has 5 heteroatoms. The lowest BCUT2D eigenvalue weighted by Crippen LogP contribution is -2.46. The van der Waals surface area contributed by atoms with Crippen molar-refractivity contribution in [2.24, 2.45) is 0 Å². The molecule has 2 aromatic carbocycles. The summed E-state index contributed by atoms with van der Waals surface area (Å²) in [5, 5.41) is 10.9. The molecule has 29 heavy (non-hydrogen) atoms. The molecular weight excluding hydrogens is 360 g/mol. The maximum atomic E-state index is 12.8. The number of hydrogen-bond donors (Lipinski definition) is 2. The molecule has 1 aliphatic heterocycles. The van der Waals surface area contributed by atoms with Gasteiger partial charge >= 0.3 is 0 Å². The molecule has 1 amide bonds. The lowest BCUT2D eigenvalue weighted by Gasteiger charge is -2.33. The van der Waals surface area contributed by atoms with Crippen LogP contribution in [-0.4, -0.2) is 35.2 Å². The van der Waals surface area contributed by atoms with E-state index in [1.807, 2.05) is 48.5 Å². The third-order valence-electron chi connectivity index (χ3n) is 5.74. The predicted octanol–water partition coefficient (Wildman–Crippen LogP) is 4.36. The number of carbonyl (C=O) groups excluding carboxylic acids is 1. The normalized spacial score (nSPS) is 15.8. The first-order chi connectivity index (χ1) is 14.2. The fourth-order valence-corrected chi connectivity index (χ4v) is 4.05. The minimum atomic E-state index is -0.0750. The molecule has 0 spiro atoms. The first-order valence-corrected chi connectivity index (χ1v) is 10.5. The Kier molecular flexibility index (Phi) is 5.94. The van der Waals surface area contributed by atoms with Gasteiger partial charge in [0.05, 0.1) is 11.6 Å². The Bertz CT molecular complexity index is 914. The average Bonchev–Trinajstić information content (AvgIpc) is 3.26. The van der Waals surface area contributed by atoms with E-state index < -0.39 is 0 Å². The Labute approximate surface area is 172 Å². The summed E-state index contributed by atoms with van der Waals surface area (Å²) in [5.41, 5.74) is 3.26. The van der Waals surface area contributed by atoms with Crippen LogP contribution in [0.4, 0.5) is 5.82 Å². The van der Waals surface area contributed by atoms with Gasteiger partial charge in [-0.3, -0.25) is 9.89 Å². The number of anilines is 1. The molecule has 5 nitrogen and oxygen atoms in total. The van der Waals surface area contributed by atoms with E-state index in [1.165, 1.54) is 0 Å². The van der Waals surface area contributed by atoms with E-state index in [1.54, 1.807) is 0 Å². The van der Waals surface area contributed by atoms with E-state index in [0.29, 0.717) is 0 Å². The van der Waals surface area contributed by atoms with Gasteiger partial charge in [-0.05, 0) is 30.4 Å². The zero-order valence-electron chi connectivity index (χ0n) is 16.8. The minimum Gasteiger partial charge on any atom is -0.355 e. The Morgan fingerprint density at radius 1 is 1.10 bits per heavy atom. The molecule has 150 valence electrons. The number of rotatable bonds is 6. The summed E-state index contributed by atoms with van der Waals surface area (Å²) >= 11 is 0. The van der Waals surface area contributed by atoms with Crippen molar-refractivity contribution in [1.82, 2.24) is 15.5 Å². The summed E-state index contributed by atoms with van der Waals surface area (Å²) in [5.74, 6) is 1.04. The number of nitrogens with one attached hydrogen (secondary N) is 2. The summed E-state index contributed by atoms with van der Waals surface area (Å²) in [6.07, 6.45) is 2.68. The van der Waals surface area contributed by atoms with Crippen LogP contribution in [0.15, 0.2) is 66.7 Å². The van der Waals surface area contributed by atoms with Crippen LogP contribution in [-0.2, 0) is 4.79 Å². The van der Waals surface area contributed by atoms with Gasteiger partial charge in [-0.2, -0.15) is 5.10 Å². The van der Waals surface area contributed by atoms with Crippen molar-refractivity contribution < 1.29 is 4.79 Å². The Morgan fingerprint density at radius 2 is 1.76 bits per heavy atom. The van der Waals surface area contributed by atoms with Gasteiger partial charge in [-0.1, -0.05) is 67.6 Å². The summed E-state index contributed by atoms with van der Waals surface area (Å²) in [6.45, 7) is 3.86. The van der Waals surface area contributed by atoms with Gasteiger partial charge in [0, 0.05) is 25.2 Å². The fourth-order valence-electron chi connectivity index (χ4n) is 4.05. The second kappa shape index (κ2) is 8.95. The van der Waals surface area contributed by atoms with Crippen molar-refractivity contribution in [2.45, 2.75) is 38.1 Å². The molecule has 1 saturated heterocycles. The van der Waals surface area contributed by atoms with E-state index in [9.17, 15) is 4.79 Å². The number of aromatic nitrogens is 2. The van der Waals surface area contributed by atoms with E-state index >= 15 is 0 Å². The highest BCUT2D eigenvalue weighted by Crippen LogP contribution is 2.25. The monoisotopic (exact) mass is 388 g/mol. The average molecular weight is 389 g/mol. The molecule has 0 bridgehead atoms. The molecule has 1 unspecified atom stereocenters. The molecule has 0 saturated carbocycles. The van der Waals surface area contributed by atoms with Crippen LogP contribution in [0, 0.1) is 0 Å². The van der Waals surface area contributed by atoms with Gasteiger partial charge in [0.1, 0.15) is 0 Å². The quantitative estimate of drug-likeness (QED) is 0.660. The van der Waals surface area contributed by atoms with E-state index in [2.05, 4.69) is 45.5 Å². The number of amides is 1. The molecule has 1 fully saturated rings. The van der Waals surface area contributed by atoms with E-state index in [0.717, 1.165) is 55.0 Å². The summed E-state index contributed by atoms with van der Waals surface area (Å²) < 4.78 is 0. The molecule has 3 aromatic rings. The molecule has 2 heterocycles. The van der Waals surface area contributed by atoms with E-state index in [4.69, 9.17) is 0 Å². The van der Waals surface area contributed by atoms with Crippen molar-refractivity contribution >= 4 is 11.7 Å². The number of nitrogens with zero attached hydrogens (tertiary/aromatic N) is 2. The maximum absolute atomic E-state index is 12.8. The van der Waals surface area contributed by atoms with Crippen LogP contribution in [0.25, 0.3) is 11.3 Å². The van der Waals surface area contributed by atoms with Crippen LogP contribution in [0.3, 0.4) is 0 Å².